The highest BCUT2D eigenvalue weighted by Gasteiger charge is 2.39. The molecule has 11 heavy (non-hydrogen) atoms. The van der Waals surface area contributed by atoms with Crippen molar-refractivity contribution in [1.82, 2.24) is 0 Å². The molecule has 1 aliphatic heterocycles. The van der Waals surface area contributed by atoms with Crippen molar-refractivity contribution in [2.24, 2.45) is 11.8 Å². The first-order valence-electron chi connectivity index (χ1n) is 4.15. The molecule has 1 fully saturated rings. The molecule has 3 heteroatoms. The van der Waals surface area contributed by atoms with E-state index in [0.29, 0.717) is 5.92 Å². The molecule has 2 atom stereocenters. The molecule has 0 spiro atoms. The minimum Gasteiger partial charge on any atom is -0.519 e. The van der Waals surface area contributed by atoms with Crippen LogP contribution in [0.5, 0.6) is 0 Å². The second kappa shape index (κ2) is 2.63. The Labute approximate surface area is 69.1 Å². The zero-order chi connectivity index (χ0) is 8.65. The van der Waals surface area contributed by atoms with Gasteiger partial charge in [-0.25, -0.2) is 0 Å². The van der Waals surface area contributed by atoms with Crippen molar-refractivity contribution in [3.05, 3.63) is 0 Å². The quantitative estimate of drug-likeness (QED) is 0.523. The van der Waals surface area contributed by atoms with Gasteiger partial charge >= 0.3 is 0 Å². The van der Waals surface area contributed by atoms with Gasteiger partial charge in [-0.2, -0.15) is 0 Å². The first-order chi connectivity index (χ1) is 4.92. The van der Waals surface area contributed by atoms with Gasteiger partial charge in [0.25, 0.3) is 5.97 Å². The van der Waals surface area contributed by atoms with Crippen LogP contribution in [-0.2, 0) is 9.22 Å². The lowest BCUT2D eigenvalue weighted by atomic mass is 9.98. The standard InChI is InChI=1S/C8H16O2Si/c1-6-5-11(3,4)10-8(9)7(6)2/h6-7H,5H2,1-4H3/t6-,7-/m0/s1. The van der Waals surface area contributed by atoms with E-state index < -0.39 is 8.32 Å². The Morgan fingerprint density at radius 2 is 2.00 bits per heavy atom. The van der Waals surface area contributed by atoms with Gasteiger partial charge in [0, 0.05) is 0 Å². The van der Waals surface area contributed by atoms with Gasteiger partial charge in [0.05, 0.1) is 5.92 Å². The summed E-state index contributed by atoms with van der Waals surface area (Å²) in [5.74, 6) is 0.633. The van der Waals surface area contributed by atoms with Gasteiger partial charge in [-0.3, -0.25) is 4.79 Å². The zero-order valence-electron chi connectivity index (χ0n) is 7.68. The third kappa shape index (κ3) is 1.83. The summed E-state index contributed by atoms with van der Waals surface area (Å²) in [5, 5.41) is 0. The van der Waals surface area contributed by atoms with Gasteiger partial charge in [0.2, 0.25) is 8.32 Å². The molecule has 0 aromatic carbocycles. The van der Waals surface area contributed by atoms with E-state index in [1.54, 1.807) is 0 Å². The van der Waals surface area contributed by atoms with Crippen molar-refractivity contribution in [2.45, 2.75) is 33.0 Å². The van der Waals surface area contributed by atoms with Gasteiger partial charge in [0.1, 0.15) is 0 Å². The maximum Gasteiger partial charge on any atom is 0.295 e. The highest BCUT2D eigenvalue weighted by molar-refractivity contribution is 6.73. The number of carbonyl (C=O) groups is 1. The number of rotatable bonds is 0. The molecule has 0 aliphatic carbocycles. The first-order valence-corrected chi connectivity index (χ1v) is 7.27. The fourth-order valence-electron chi connectivity index (χ4n) is 1.59. The predicted molar refractivity (Wildman–Crippen MR) is 46.7 cm³/mol. The molecule has 1 saturated heterocycles. The Hall–Kier alpha value is -0.313. The van der Waals surface area contributed by atoms with E-state index in [4.69, 9.17) is 4.43 Å². The van der Waals surface area contributed by atoms with E-state index in [0.717, 1.165) is 6.04 Å². The number of hydrogen-bond acceptors (Lipinski definition) is 2. The summed E-state index contributed by atoms with van der Waals surface area (Å²) in [6.45, 7) is 8.30. The Bertz CT molecular complexity index is 177. The molecular formula is C8H16O2Si. The van der Waals surface area contributed by atoms with Crippen LogP contribution in [0.4, 0.5) is 0 Å². The minimum absolute atomic E-state index is 0.0143. The lowest BCUT2D eigenvalue weighted by molar-refractivity contribution is -0.142. The monoisotopic (exact) mass is 172 g/mol. The van der Waals surface area contributed by atoms with Crippen molar-refractivity contribution in [2.75, 3.05) is 0 Å². The van der Waals surface area contributed by atoms with E-state index in [1.807, 2.05) is 6.92 Å². The van der Waals surface area contributed by atoms with Crippen molar-refractivity contribution in [1.29, 1.82) is 0 Å². The Morgan fingerprint density at radius 3 is 2.45 bits per heavy atom. The predicted octanol–water partition coefficient (Wildman–Crippen LogP) is 2.02. The van der Waals surface area contributed by atoms with E-state index in [9.17, 15) is 4.79 Å². The highest BCUT2D eigenvalue weighted by Crippen LogP contribution is 2.31. The Balaban J connectivity index is 2.70. The molecule has 0 N–H and O–H groups in total. The molecule has 0 radical (unpaired) electrons. The van der Waals surface area contributed by atoms with Crippen molar-refractivity contribution in [3.8, 4) is 0 Å². The first kappa shape index (κ1) is 8.78. The van der Waals surface area contributed by atoms with Gasteiger partial charge in [-0.15, -0.1) is 0 Å². The molecule has 0 bridgehead atoms. The summed E-state index contributed by atoms with van der Waals surface area (Å²) in [5.41, 5.74) is 0. The van der Waals surface area contributed by atoms with Crippen LogP contribution in [0.2, 0.25) is 19.1 Å². The van der Waals surface area contributed by atoms with Gasteiger partial charge in [-0.05, 0) is 25.1 Å². The number of hydrogen-bond donors (Lipinski definition) is 0. The fraction of sp³-hybridized carbons (Fsp3) is 0.875. The highest BCUT2D eigenvalue weighted by atomic mass is 28.4. The van der Waals surface area contributed by atoms with E-state index in [-0.39, 0.29) is 11.9 Å². The molecule has 1 heterocycles. The number of carbonyl (C=O) groups excluding carboxylic acids is 1. The van der Waals surface area contributed by atoms with Crippen molar-refractivity contribution >= 4 is 14.3 Å². The normalized spacial score (nSPS) is 36.5. The molecule has 2 nitrogen and oxygen atoms in total. The Morgan fingerprint density at radius 1 is 1.45 bits per heavy atom. The largest absolute Gasteiger partial charge is 0.519 e. The van der Waals surface area contributed by atoms with Crippen LogP contribution >= 0.6 is 0 Å². The average molecular weight is 172 g/mol. The maximum absolute atomic E-state index is 11.2. The maximum atomic E-state index is 11.2. The Kier molecular flexibility index (Phi) is 2.10. The summed E-state index contributed by atoms with van der Waals surface area (Å²) in [7, 11) is -1.61. The molecule has 0 unspecified atom stereocenters. The van der Waals surface area contributed by atoms with Gasteiger partial charge in [0.15, 0.2) is 0 Å². The SMILES string of the molecule is C[C@@H]1C(=O)O[Si](C)(C)C[C@@H]1C. The van der Waals surface area contributed by atoms with Crippen LogP contribution in [0.3, 0.4) is 0 Å². The summed E-state index contributed by atoms with van der Waals surface area (Å²) < 4.78 is 5.36. The zero-order valence-corrected chi connectivity index (χ0v) is 8.68. The summed E-state index contributed by atoms with van der Waals surface area (Å²) in [6, 6.07) is 1.11. The van der Waals surface area contributed by atoms with Crippen LogP contribution < -0.4 is 0 Å². The second-order valence-corrected chi connectivity index (χ2v) is 8.28. The average Bonchev–Trinajstić information content (AvgIpc) is 1.81. The molecule has 64 valence electrons. The lowest BCUT2D eigenvalue weighted by Gasteiger charge is -2.35. The van der Waals surface area contributed by atoms with Crippen LogP contribution in [0.1, 0.15) is 13.8 Å². The van der Waals surface area contributed by atoms with Gasteiger partial charge < -0.3 is 4.43 Å². The molecule has 1 aliphatic rings. The summed E-state index contributed by atoms with van der Waals surface area (Å²) in [4.78, 5) is 11.2. The van der Waals surface area contributed by atoms with Gasteiger partial charge in [-0.1, -0.05) is 13.8 Å². The van der Waals surface area contributed by atoms with Crippen molar-refractivity contribution in [3.63, 3.8) is 0 Å². The summed E-state index contributed by atoms with van der Waals surface area (Å²) >= 11 is 0. The van der Waals surface area contributed by atoms with Crippen LogP contribution in [0, 0.1) is 11.8 Å². The minimum atomic E-state index is -1.61. The molecule has 0 aromatic heterocycles. The molecule has 0 saturated carbocycles. The van der Waals surface area contributed by atoms with Crippen LogP contribution in [0.25, 0.3) is 0 Å². The summed E-state index contributed by atoms with van der Waals surface area (Å²) in [6.07, 6.45) is 0. The fourth-order valence-corrected chi connectivity index (χ4v) is 4.31. The lowest BCUT2D eigenvalue weighted by Crippen LogP contribution is -2.44. The third-order valence-electron chi connectivity index (χ3n) is 2.42. The van der Waals surface area contributed by atoms with Crippen LogP contribution in [-0.4, -0.2) is 14.3 Å². The molecule has 1 rings (SSSR count). The molecule has 0 amide bonds. The van der Waals surface area contributed by atoms with Crippen LogP contribution in [0.15, 0.2) is 0 Å². The molecule has 0 aromatic rings. The second-order valence-electron chi connectivity index (χ2n) is 4.15. The van der Waals surface area contributed by atoms with E-state index in [1.165, 1.54) is 0 Å². The third-order valence-corrected chi connectivity index (χ3v) is 4.80. The van der Waals surface area contributed by atoms with E-state index >= 15 is 0 Å². The van der Waals surface area contributed by atoms with Crippen molar-refractivity contribution < 1.29 is 9.22 Å². The van der Waals surface area contributed by atoms with E-state index in [2.05, 4.69) is 20.0 Å². The topological polar surface area (TPSA) is 26.3 Å². The molecular weight excluding hydrogens is 156 g/mol. The smallest absolute Gasteiger partial charge is 0.295 e.